The molecule has 4 nitrogen and oxygen atoms in total. The first-order valence-corrected chi connectivity index (χ1v) is 9.86. The second kappa shape index (κ2) is 7.18. The highest BCUT2D eigenvalue weighted by Gasteiger charge is 2.26. The van der Waals surface area contributed by atoms with Crippen LogP contribution >= 0.6 is 22.9 Å². The maximum atomic E-state index is 12.4. The number of piperidine rings is 1. The first-order valence-electron chi connectivity index (χ1n) is 8.54. The number of likely N-dealkylation sites (tertiary alicyclic amines) is 1. The molecule has 0 bridgehead atoms. The van der Waals surface area contributed by atoms with Crippen molar-refractivity contribution in [3.63, 3.8) is 0 Å². The van der Waals surface area contributed by atoms with Gasteiger partial charge < -0.3 is 9.32 Å². The summed E-state index contributed by atoms with van der Waals surface area (Å²) in [5.41, 5.74) is 2.82. The van der Waals surface area contributed by atoms with E-state index in [9.17, 15) is 4.79 Å². The Kier molecular flexibility index (Phi) is 4.77. The van der Waals surface area contributed by atoms with E-state index in [1.54, 1.807) is 11.3 Å². The van der Waals surface area contributed by atoms with E-state index >= 15 is 0 Å². The Morgan fingerprint density at radius 2 is 2.16 bits per heavy atom. The lowest BCUT2D eigenvalue weighted by atomic mass is 9.96. The second-order valence-electron chi connectivity index (χ2n) is 6.45. The van der Waals surface area contributed by atoms with Gasteiger partial charge in [0, 0.05) is 30.5 Å². The zero-order valence-corrected chi connectivity index (χ0v) is 15.4. The number of benzene rings is 1. The number of nitrogens with zero attached hydrogens (tertiary/aromatic N) is 2. The van der Waals surface area contributed by atoms with Crippen LogP contribution in [-0.4, -0.2) is 28.9 Å². The van der Waals surface area contributed by atoms with E-state index < -0.39 is 0 Å². The molecule has 25 heavy (non-hydrogen) atoms. The van der Waals surface area contributed by atoms with Gasteiger partial charge in [0.25, 0.3) is 0 Å². The number of hydrogen-bond acceptors (Lipinski definition) is 4. The number of carbonyl (C=O) groups excluding carboxylic acids is 1. The summed E-state index contributed by atoms with van der Waals surface area (Å²) in [7, 11) is 0. The molecular formula is C19H19ClN2O2S. The van der Waals surface area contributed by atoms with Crippen LogP contribution in [0.25, 0.3) is 11.1 Å². The van der Waals surface area contributed by atoms with Crippen LogP contribution in [0.15, 0.2) is 39.4 Å². The minimum atomic E-state index is 0.244. The maximum absolute atomic E-state index is 12.4. The molecule has 4 rings (SSSR count). The zero-order valence-electron chi connectivity index (χ0n) is 13.8. The third-order valence-electron chi connectivity index (χ3n) is 4.77. The number of thiophene rings is 1. The molecule has 0 radical (unpaired) electrons. The lowest BCUT2D eigenvalue weighted by molar-refractivity contribution is -0.132. The van der Waals surface area contributed by atoms with E-state index in [2.05, 4.69) is 21.8 Å². The van der Waals surface area contributed by atoms with Gasteiger partial charge in [0.2, 0.25) is 5.91 Å². The van der Waals surface area contributed by atoms with E-state index in [1.165, 1.54) is 5.56 Å². The summed E-state index contributed by atoms with van der Waals surface area (Å²) in [6.45, 7) is 1.54. The van der Waals surface area contributed by atoms with Gasteiger partial charge in [-0.05, 0) is 59.9 Å². The molecule has 2 aromatic heterocycles. The van der Waals surface area contributed by atoms with Crippen molar-refractivity contribution in [3.8, 4) is 0 Å². The lowest BCUT2D eigenvalue weighted by Crippen LogP contribution is -2.38. The molecule has 6 heteroatoms. The van der Waals surface area contributed by atoms with Gasteiger partial charge >= 0.3 is 0 Å². The van der Waals surface area contributed by atoms with Gasteiger partial charge in [-0.15, -0.1) is 0 Å². The van der Waals surface area contributed by atoms with Gasteiger partial charge in [-0.3, -0.25) is 4.79 Å². The first-order chi connectivity index (χ1) is 12.2. The fraction of sp³-hybridized carbons (Fsp3) is 0.368. The number of hydrogen-bond donors (Lipinski definition) is 0. The van der Waals surface area contributed by atoms with Crippen LogP contribution < -0.4 is 0 Å². The first kappa shape index (κ1) is 16.6. The number of amides is 1. The molecule has 0 N–H and O–H groups in total. The number of halogens is 1. The Morgan fingerprint density at radius 3 is 2.92 bits per heavy atom. The van der Waals surface area contributed by atoms with Crippen molar-refractivity contribution in [2.24, 2.45) is 0 Å². The number of aromatic nitrogens is 1. The van der Waals surface area contributed by atoms with Crippen molar-refractivity contribution < 1.29 is 9.21 Å². The predicted molar refractivity (Wildman–Crippen MR) is 100 cm³/mol. The quantitative estimate of drug-likeness (QED) is 0.653. The van der Waals surface area contributed by atoms with Gasteiger partial charge in [0.1, 0.15) is 5.52 Å². The third kappa shape index (κ3) is 3.72. The van der Waals surface area contributed by atoms with E-state index in [0.29, 0.717) is 11.4 Å². The van der Waals surface area contributed by atoms with Crippen molar-refractivity contribution in [2.45, 2.75) is 31.6 Å². The molecule has 1 saturated heterocycles. The highest BCUT2D eigenvalue weighted by molar-refractivity contribution is 7.07. The molecule has 1 aromatic carbocycles. The predicted octanol–water partition coefficient (Wildman–Crippen LogP) is 4.88. The van der Waals surface area contributed by atoms with E-state index in [1.807, 2.05) is 23.1 Å². The molecule has 0 saturated carbocycles. The van der Waals surface area contributed by atoms with Crippen molar-refractivity contribution in [2.75, 3.05) is 13.1 Å². The van der Waals surface area contributed by atoms with Gasteiger partial charge in [0.15, 0.2) is 11.5 Å². The van der Waals surface area contributed by atoms with E-state index in [-0.39, 0.29) is 11.8 Å². The van der Waals surface area contributed by atoms with Crippen LogP contribution in [0.3, 0.4) is 0 Å². The van der Waals surface area contributed by atoms with Crippen LogP contribution in [0, 0.1) is 0 Å². The third-order valence-corrected chi connectivity index (χ3v) is 5.74. The molecule has 3 heterocycles. The van der Waals surface area contributed by atoms with Crippen LogP contribution in [0.4, 0.5) is 0 Å². The highest BCUT2D eigenvalue weighted by Crippen LogP contribution is 2.31. The fourth-order valence-electron chi connectivity index (χ4n) is 3.31. The Hall–Kier alpha value is -1.85. The van der Waals surface area contributed by atoms with Crippen LogP contribution in [0.5, 0.6) is 0 Å². The smallest absolute Gasteiger partial charge is 0.222 e. The Bertz CT molecular complexity index is 867. The summed E-state index contributed by atoms with van der Waals surface area (Å²) >= 11 is 7.69. The monoisotopic (exact) mass is 374 g/mol. The summed E-state index contributed by atoms with van der Waals surface area (Å²) in [5.74, 6) is 1.28. The van der Waals surface area contributed by atoms with Crippen LogP contribution in [0.2, 0.25) is 5.02 Å². The normalized spacial score (nSPS) is 15.8. The topological polar surface area (TPSA) is 46.3 Å². The average Bonchev–Trinajstić information content (AvgIpc) is 3.29. The molecule has 130 valence electrons. The Morgan fingerprint density at radius 1 is 1.32 bits per heavy atom. The molecule has 0 aliphatic carbocycles. The molecule has 3 aromatic rings. The molecule has 1 aliphatic rings. The lowest BCUT2D eigenvalue weighted by Gasteiger charge is -2.30. The number of oxazole rings is 1. The van der Waals surface area contributed by atoms with Gasteiger partial charge in [-0.25, -0.2) is 4.98 Å². The summed E-state index contributed by atoms with van der Waals surface area (Å²) in [4.78, 5) is 18.9. The SMILES string of the molecule is O=C(CCc1ccsc1)N1CCC(c2nc3cc(Cl)ccc3o2)CC1. The van der Waals surface area contributed by atoms with Gasteiger partial charge in [-0.2, -0.15) is 11.3 Å². The van der Waals surface area contributed by atoms with Crippen molar-refractivity contribution >= 4 is 39.9 Å². The number of rotatable bonds is 4. The number of fused-ring (bicyclic) bond motifs is 1. The van der Waals surface area contributed by atoms with Gasteiger partial charge in [-0.1, -0.05) is 11.6 Å². The molecular weight excluding hydrogens is 356 g/mol. The van der Waals surface area contributed by atoms with Crippen LogP contribution in [-0.2, 0) is 11.2 Å². The number of carbonyl (C=O) groups is 1. The summed E-state index contributed by atoms with van der Waals surface area (Å²) in [5, 5.41) is 4.83. The summed E-state index contributed by atoms with van der Waals surface area (Å²) in [6.07, 6.45) is 3.20. The highest BCUT2D eigenvalue weighted by atomic mass is 35.5. The second-order valence-corrected chi connectivity index (χ2v) is 7.67. The standard InChI is InChI=1S/C19H19ClN2O2S/c20-15-2-3-17-16(11-15)21-19(24-17)14-5-8-22(9-6-14)18(23)4-1-13-7-10-25-12-13/h2-3,7,10-12,14H,1,4-6,8-9H2. The van der Waals surface area contributed by atoms with Crippen LogP contribution in [0.1, 0.15) is 36.6 Å². The van der Waals surface area contributed by atoms with Gasteiger partial charge in [0.05, 0.1) is 0 Å². The number of aryl methyl sites for hydroxylation is 1. The minimum absolute atomic E-state index is 0.244. The van der Waals surface area contributed by atoms with Crippen molar-refractivity contribution in [1.82, 2.24) is 9.88 Å². The molecule has 1 amide bonds. The largest absolute Gasteiger partial charge is 0.440 e. The molecule has 0 unspecified atom stereocenters. The zero-order chi connectivity index (χ0) is 17.2. The maximum Gasteiger partial charge on any atom is 0.222 e. The molecule has 0 atom stereocenters. The summed E-state index contributed by atoms with van der Waals surface area (Å²) in [6, 6.07) is 7.58. The summed E-state index contributed by atoms with van der Waals surface area (Å²) < 4.78 is 5.88. The molecule has 1 aliphatic heterocycles. The Balaban J connectivity index is 1.34. The van der Waals surface area contributed by atoms with E-state index in [4.69, 9.17) is 16.0 Å². The fourth-order valence-corrected chi connectivity index (χ4v) is 4.18. The van der Waals surface area contributed by atoms with Crippen molar-refractivity contribution in [1.29, 1.82) is 0 Å². The Labute approximate surface area is 155 Å². The van der Waals surface area contributed by atoms with E-state index in [0.717, 1.165) is 49.3 Å². The molecule has 0 spiro atoms. The average molecular weight is 375 g/mol. The van der Waals surface area contributed by atoms with Crippen molar-refractivity contribution in [3.05, 3.63) is 51.5 Å². The minimum Gasteiger partial charge on any atom is -0.440 e. The molecule has 1 fully saturated rings.